The summed E-state index contributed by atoms with van der Waals surface area (Å²) in [6.07, 6.45) is 2.01. The minimum atomic E-state index is -0.237. The molecule has 0 amide bonds. The number of nitrogens with one attached hydrogen (secondary N) is 3. The van der Waals surface area contributed by atoms with Crippen LogP contribution in [0.5, 0.6) is 0 Å². The molecule has 6 nitrogen and oxygen atoms in total. The summed E-state index contributed by atoms with van der Waals surface area (Å²) in [6.45, 7) is 1.79. The van der Waals surface area contributed by atoms with Crippen molar-refractivity contribution in [2.45, 2.75) is 11.8 Å². The number of H-pyrrole nitrogens is 2. The van der Waals surface area contributed by atoms with Crippen LogP contribution in [-0.2, 0) is 0 Å². The lowest BCUT2D eigenvalue weighted by atomic mass is 10.3. The molecule has 0 saturated carbocycles. The minimum Gasteiger partial charge on any atom is -0.336 e. The van der Waals surface area contributed by atoms with Gasteiger partial charge in [-0.25, -0.2) is 4.98 Å². The van der Waals surface area contributed by atoms with Crippen LogP contribution in [0.3, 0.4) is 0 Å². The number of hydrogen-bond acceptors (Lipinski definition) is 5. The van der Waals surface area contributed by atoms with Gasteiger partial charge in [-0.05, 0) is 31.4 Å². The van der Waals surface area contributed by atoms with E-state index in [2.05, 4.69) is 25.3 Å². The summed E-state index contributed by atoms with van der Waals surface area (Å²) >= 11 is 1.65. The first kappa shape index (κ1) is 12.7. The van der Waals surface area contributed by atoms with Gasteiger partial charge in [0.2, 0.25) is 5.95 Å². The van der Waals surface area contributed by atoms with E-state index in [0.717, 1.165) is 10.6 Å². The number of aromatic amines is 2. The predicted molar refractivity (Wildman–Crippen MR) is 80.8 cm³/mol. The van der Waals surface area contributed by atoms with Crippen molar-refractivity contribution in [3.05, 3.63) is 40.4 Å². The Kier molecular flexibility index (Phi) is 3.19. The molecule has 0 aliphatic heterocycles. The zero-order valence-corrected chi connectivity index (χ0v) is 11.8. The molecule has 0 aliphatic carbocycles. The van der Waals surface area contributed by atoms with Gasteiger partial charge in [-0.2, -0.15) is 4.98 Å². The molecule has 2 aromatic heterocycles. The van der Waals surface area contributed by atoms with Crippen LogP contribution in [0.1, 0.15) is 5.82 Å². The Labute approximate surface area is 119 Å². The molecule has 0 radical (unpaired) electrons. The largest absolute Gasteiger partial charge is 0.336 e. The van der Waals surface area contributed by atoms with Crippen LogP contribution in [-0.4, -0.2) is 26.2 Å². The van der Waals surface area contributed by atoms with Crippen LogP contribution >= 0.6 is 11.8 Å². The van der Waals surface area contributed by atoms with Gasteiger partial charge in [0.05, 0.1) is 0 Å². The minimum absolute atomic E-state index is 0.237. The number of anilines is 2. The molecule has 1 aromatic carbocycles. The quantitative estimate of drug-likeness (QED) is 0.644. The molecular formula is C13H13N5OS. The lowest BCUT2D eigenvalue weighted by Crippen LogP contribution is -2.11. The smallest absolute Gasteiger partial charge is 0.278 e. The Morgan fingerprint density at radius 3 is 2.90 bits per heavy atom. The summed E-state index contributed by atoms with van der Waals surface area (Å²) in [5.74, 6) is 1.05. The molecule has 0 aliphatic rings. The van der Waals surface area contributed by atoms with Crippen molar-refractivity contribution in [1.29, 1.82) is 0 Å². The van der Waals surface area contributed by atoms with Crippen molar-refractivity contribution in [2.75, 3.05) is 11.6 Å². The van der Waals surface area contributed by atoms with Gasteiger partial charge in [0.15, 0.2) is 11.2 Å². The third-order valence-electron chi connectivity index (χ3n) is 2.81. The Morgan fingerprint density at radius 1 is 1.25 bits per heavy atom. The maximum absolute atomic E-state index is 11.9. The first-order valence-electron chi connectivity index (χ1n) is 6.03. The van der Waals surface area contributed by atoms with Crippen molar-refractivity contribution >= 4 is 34.6 Å². The Balaban J connectivity index is 1.99. The highest BCUT2D eigenvalue weighted by Crippen LogP contribution is 2.20. The molecule has 7 heteroatoms. The second-order valence-electron chi connectivity index (χ2n) is 4.29. The van der Waals surface area contributed by atoms with E-state index in [-0.39, 0.29) is 5.56 Å². The standard InChI is InChI=1S/C13H13N5OS/c1-7-14-10-11(15-7)17-13(18-12(10)19)16-8-4-3-5-9(6-8)20-2/h3-6H,1-2H3,(H3,14,15,16,17,18,19). The van der Waals surface area contributed by atoms with E-state index < -0.39 is 0 Å². The zero-order chi connectivity index (χ0) is 14.1. The van der Waals surface area contributed by atoms with Gasteiger partial charge < -0.3 is 10.3 Å². The molecule has 3 N–H and O–H groups in total. The number of aromatic nitrogens is 4. The van der Waals surface area contributed by atoms with Gasteiger partial charge in [0.25, 0.3) is 5.56 Å². The summed E-state index contributed by atoms with van der Waals surface area (Å²) in [6, 6.07) is 7.88. The van der Waals surface area contributed by atoms with Crippen LogP contribution < -0.4 is 10.9 Å². The molecule has 102 valence electrons. The topological polar surface area (TPSA) is 86.5 Å². The maximum atomic E-state index is 11.9. The van der Waals surface area contributed by atoms with Gasteiger partial charge in [-0.3, -0.25) is 9.78 Å². The number of aryl methyl sites for hydroxylation is 1. The molecule has 3 rings (SSSR count). The van der Waals surface area contributed by atoms with Gasteiger partial charge >= 0.3 is 0 Å². The average Bonchev–Trinajstić information content (AvgIpc) is 2.80. The van der Waals surface area contributed by atoms with Gasteiger partial charge in [0, 0.05) is 10.6 Å². The molecule has 0 spiro atoms. The Morgan fingerprint density at radius 2 is 2.10 bits per heavy atom. The summed E-state index contributed by atoms with van der Waals surface area (Å²) in [4.78, 5) is 27.1. The molecule has 3 aromatic rings. The van der Waals surface area contributed by atoms with E-state index in [1.54, 1.807) is 18.7 Å². The van der Waals surface area contributed by atoms with E-state index in [1.807, 2.05) is 30.5 Å². The molecule has 0 unspecified atom stereocenters. The van der Waals surface area contributed by atoms with Gasteiger partial charge in [-0.15, -0.1) is 11.8 Å². The van der Waals surface area contributed by atoms with Crippen molar-refractivity contribution in [2.24, 2.45) is 0 Å². The first-order chi connectivity index (χ1) is 9.65. The SMILES string of the molecule is CSc1cccc(Nc2nc3nc(C)[nH]c3c(=O)[nH]2)c1. The van der Waals surface area contributed by atoms with E-state index in [4.69, 9.17) is 0 Å². The fraction of sp³-hybridized carbons (Fsp3) is 0.154. The second-order valence-corrected chi connectivity index (χ2v) is 5.17. The van der Waals surface area contributed by atoms with Crippen LogP contribution in [0.2, 0.25) is 0 Å². The second kappa shape index (κ2) is 5.01. The third kappa shape index (κ3) is 2.39. The molecule has 2 heterocycles. The molecule has 0 saturated heterocycles. The number of benzene rings is 1. The van der Waals surface area contributed by atoms with Crippen molar-refractivity contribution < 1.29 is 0 Å². The van der Waals surface area contributed by atoms with E-state index in [1.165, 1.54) is 0 Å². The summed E-state index contributed by atoms with van der Waals surface area (Å²) in [7, 11) is 0. The number of nitrogens with zero attached hydrogens (tertiary/aromatic N) is 2. The molecule has 0 fully saturated rings. The van der Waals surface area contributed by atoms with Gasteiger partial charge in [-0.1, -0.05) is 6.07 Å². The Hall–Kier alpha value is -2.28. The van der Waals surface area contributed by atoms with E-state index >= 15 is 0 Å². The highest BCUT2D eigenvalue weighted by molar-refractivity contribution is 7.98. The lowest BCUT2D eigenvalue weighted by Gasteiger charge is -2.06. The maximum Gasteiger partial charge on any atom is 0.278 e. The van der Waals surface area contributed by atoms with Crippen LogP contribution in [0, 0.1) is 6.92 Å². The number of imidazole rings is 1. The highest BCUT2D eigenvalue weighted by atomic mass is 32.2. The summed E-state index contributed by atoms with van der Waals surface area (Å²) in [5, 5.41) is 3.09. The molecular weight excluding hydrogens is 274 g/mol. The normalized spacial score (nSPS) is 10.9. The average molecular weight is 287 g/mol. The van der Waals surface area contributed by atoms with Gasteiger partial charge in [0.1, 0.15) is 5.82 Å². The number of rotatable bonds is 3. The van der Waals surface area contributed by atoms with E-state index in [9.17, 15) is 4.79 Å². The van der Waals surface area contributed by atoms with Crippen molar-refractivity contribution in [3.8, 4) is 0 Å². The first-order valence-corrected chi connectivity index (χ1v) is 7.26. The predicted octanol–water partition coefficient (Wildman–Crippen LogP) is 2.42. The lowest BCUT2D eigenvalue weighted by molar-refractivity contribution is 1.15. The van der Waals surface area contributed by atoms with Crippen molar-refractivity contribution in [1.82, 2.24) is 19.9 Å². The number of hydrogen-bond donors (Lipinski definition) is 3. The van der Waals surface area contributed by atoms with Crippen LogP contribution in [0.4, 0.5) is 11.6 Å². The molecule has 0 atom stereocenters. The number of fused-ring (bicyclic) bond motifs is 1. The van der Waals surface area contributed by atoms with Crippen molar-refractivity contribution in [3.63, 3.8) is 0 Å². The van der Waals surface area contributed by atoms with E-state index in [0.29, 0.717) is 22.9 Å². The fourth-order valence-corrected chi connectivity index (χ4v) is 2.38. The summed E-state index contributed by atoms with van der Waals surface area (Å²) in [5.41, 5.74) is 1.44. The number of thioether (sulfide) groups is 1. The molecule has 0 bridgehead atoms. The van der Waals surface area contributed by atoms with Crippen LogP contribution in [0.15, 0.2) is 34.0 Å². The van der Waals surface area contributed by atoms with Crippen LogP contribution in [0.25, 0.3) is 11.2 Å². The highest BCUT2D eigenvalue weighted by Gasteiger charge is 2.08. The third-order valence-corrected chi connectivity index (χ3v) is 3.54. The monoisotopic (exact) mass is 287 g/mol. The summed E-state index contributed by atoms with van der Waals surface area (Å²) < 4.78 is 0. The fourth-order valence-electron chi connectivity index (χ4n) is 1.92. The molecule has 20 heavy (non-hydrogen) atoms. The Bertz CT molecular complexity index is 823. The zero-order valence-electron chi connectivity index (χ0n) is 11.0.